The van der Waals surface area contributed by atoms with E-state index in [1.807, 2.05) is 63.2 Å². The van der Waals surface area contributed by atoms with E-state index in [1.165, 1.54) is 27.2 Å². The third-order valence-electron chi connectivity index (χ3n) is 8.69. The van der Waals surface area contributed by atoms with Crippen molar-refractivity contribution in [3.05, 3.63) is 139 Å². The van der Waals surface area contributed by atoms with Crippen molar-refractivity contribution in [3.63, 3.8) is 0 Å². The van der Waals surface area contributed by atoms with Gasteiger partial charge in [0.15, 0.2) is 0 Å². The van der Waals surface area contributed by atoms with Crippen molar-refractivity contribution in [2.45, 2.75) is 27.1 Å². The Hall–Kier alpha value is -5.05. The topological polar surface area (TPSA) is 39.4 Å². The smallest absolute Gasteiger partial charge is 0.497 e. The number of hydrogen-bond acceptors (Lipinski definition) is 3. The number of aromatic nitrogens is 3. The second-order valence-electron chi connectivity index (χ2n) is 13.0. The normalized spacial score (nSPS) is 12.9. The molecule has 4 aromatic heterocycles. The van der Waals surface area contributed by atoms with E-state index in [-0.39, 0.29) is 21.1 Å². The second kappa shape index (κ2) is 11.6. The molecule has 9 rings (SSSR count). The van der Waals surface area contributed by atoms with Crippen molar-refractivity contribution >= 4 is 48.9 Å². The summed E-state index contributed by atoms with van der Waals surface area (Å²) in [6.07, 6.45) is 1.92. The molecule has 0 bridgehead atoms. The van der Waals surface area contributed by atoms with Crippen molar-refractivity contribution < 1.29 is 28.5 Å². The SMILES string of the molecule is [2H]C([2H])(c1ccnc(-c2[c-]c(Oc3[c-]c(-c4ccccn4)c4ccc5c(c4c3)c3cccc4c6ccccc6n5c43)ccc2)c1)C(C)(C)C.[Pt+2]. The van der Waals surface area contributed by atoms with Crippen molar-refractivity contribution in [1.82, 2.24) is 14.4 Å². The molecule has 0 saturated carbocycles. The minimum atomic E-state index is -1.54. The molecule has 9 aromatic rings. The summed E-state index contributed by atoms with van der Waals surface area (Å²) in [6, 6.07) is 43.7. The molecule has 0 radical (unpaired) electrons. The first-order valence-electron chi connectivity index (χ1n) is 16.8. The van der Waals surface area contributed by atoms with E-state index in [0.717, 1.165) is 32.9 Å². The van der Waals surface area contributed by atoms with Crippen molar-refractivity contribution in [1.29, 1.82) is 0 Å². The first-order chi connectivity index (χ1) is 23.7. The summed E-state index contributed by atoms with van der Waals surface area (Å²) in [6.45, 7) is 5.72. The summed E-state index contributed by atoms with van der Waals surface area (Å²) in [5.74, 6) is 1.06. The van der Waals surface area contributed by atoms with Crippen LogP contribution in [0.4, 0.5) is 0 Å². The van der Waals surface area contributed by atoms with Crippen LogP contribution in [-0.2, 0) is 27.4 Å². The molecule has 0 unspecified atom stereocenters. The van der Waals surface area contributed by atoms with Gasteiger partial charge in [0.05, 0.1) is 16.6 Å². The van der Waals surface area contributed by atoms with E-state index in [4.69, 9.17) is 12.5 Å². The molecule has 0 N–H and O–H groups in total. The molecule has 0 aliphatic carbocycles. The van der Waals surface area contributed by atoms with Gasteiger partial charge < -0.3 is 19.1 Å². The van der Waals surface area contributed by atoms with Gasteiger partial charge in [0.2, 0.25) is 0 Å². The van der Waals surface area contributed by atoms with E-state index in [9.17, 15) is 0 Å². The molecule has 0 aliphatic heterocycles. The van der Waals surface area contributed by atoms with E-state index in [2.05, 4.69) is 82.2 Å². The fourth-order valence-electron chi connectivity index (χ4n) is 6.91. The molecule has 0 spiro atoms. The van der Waals surface area contributed by atoms with E-state index >= 15 is 0 Å². The van der Waals surface area contributed by atoms with Crippen molar-refractivity contribution in [2.24, 2.45) is 5.41 Å². The number of fused-ring (bicyclic) bond motifs is 8. The van der Waals surface area contributed by atoms with Gasteiger partial charge >= 0.3 is 21.1 Å². The number of hydrogen-bond donors (Lipinski definition) is 0. The van der Waals surface area contributed by atoms with E-state index < -0.39 is 11.8 Å². The molecule has 0 atom stereocenters. The maximum absolute atomic E-state index is 8.78. The Kier molecular flexibility index (Phi) is 6.75. The van der Waals surface area contributed by atoms with Crippen LogP contribution in [0.15, 0.2) is 122 Å². The van der Waals surface area contributed by atoms with Crippen LogP contribution < -0.4 is 4.74 Å². The van der Waals surface area contributed by atoms with Gasteiger partial charge in [0.25, 0.3) is 0 Å². The van der Waals surface area contributed by atoms with Crippen LogP contribution in [-0.4, -0.2) is 14.4 Å². The largest absolute Gasteiger partial charge is 2.00 e. The molecular weight excluding hydrogens is 770 g/mol. The minimum Gasteiger partial charge on any atom is -0.497 e. The molecule has 0 amide bonds. The number of benzene rings is 5. The Morgan fingerprint density at radius 3 is 2.31 bits per heavy atom. The Morgan fingerprint density at radius 2 is 1.46 bits per heavy atom. The first-order valence-corrected chi connectivity index (χ1v) is 15.8. The van der Waals surface area contributed by atoms with Gasteiger partial charge in [-0.15, -0.1) is 29.3 Å². The van der Waals surface area contributed by atoms with Crippen LogP contribution in [0.5, 0.6) is 11.5 Å². The zero-order valence-corrected chi connectivity index (χ0v) is 28.9. The molecule has 5 aromatic carbocycles. The molecule has 234 valence electrons. The fraction of sp³-hybridized carbons (Fsp3) is 0.116. The molecule has 0 fully saturated rings. The average molecular weight is 803 g/mol. The van der Waals surface area contributed by atoms with Crippen LogP contribution in [0.1, 0.15) is 29.1 Å². The van der Waals surface area contributed by atoms with Gasteiger partial charge in [-0.2, -0.15) is 0 Å². The first kappa shape index (κ1) is 28.0. The van der Waals surface area contributed by atoms with Gasteiger partial charge in [0, 0.05) is 42.8 Å². The van der Waals surface area contributed by atoms with E-state index in [0.29, 0.717) is 28.3 Å². The quantitative estimate of drug-likeness (QED) is 0.163. The van der Waals surface area contributed by atoms with Crippen LogP contribution in [0, 0.1) is 17.5 Å². The number of nitrogens with zero attached hydrogens (tertiary/aromatic N) is 3. The maximum atomic E-state index is 8.78. The minimum absolute atomic E-state index is 0. The summed E-state index contributed by atoms with van der Waals surface area (Å²) in [5.41, 5.74) is 6.55. The van der Waals surface area contributed by atoms with Gasteiger partial charge in [0.1, 0.15) is 0 Å². The van der Waals surface area contributed by atoms with Crippen LogP contribution in [0.25, 0.3) is 71.4 Å². The molecule has 4 nitrogen and oxygen atoms in total. The summed E-state index contributed by atoms with van der Waals surface area (Å²) in [7, 11) is 0. The molecule has 48 heavy (non-hydrogen) atoms. The zero-order chi connectivity index (χ0) is 33.5. The van der Waals surface area contributed by atoms with Crippen LogP contribution in [0.3, 0.4) is 0 Å². The third kappa shape index (κ3) is 5.03. The Morgan fingerprint density at radius 1 is 0.667 bits per heavy atom. The fourth-order valence-corrected chi connectivity index (χ4v) is 6.91. The zero-order valence-electron chi connectivity index (χ0n) is 28.6. The molecular formula is C43H31N3OPt. The van der Waals surface area contributed by atoms with E-state index in [1.54, 1.807) is 18.5 Å². The third-order valence-corrected chi connectivity index (χ3v) is 8.69. The molecule has 5 heteroatoms. The second-order valence-corrected chi connectivity index (χ2v) is 13.0. The van der Waals surface area contributed by atoms with Crippen LogP contribution >= 0.6 is 0 Å². The molecule has 4 heterocycles. The number of para-hydroxylation sites is 2. The Bertz CT molecular complexity index is 2720. The van der Waals surface area contributed by atoms with Crippen molar-refractivity contribution in [3.8, 4) is 34.0 Å². The molecule has 0 saturated heterocycles. The Balaban J connectivity index is 0.00000361. The Labute approximate surface area is 296 Å². The number of pyridine rings is 2. The monoisotopic (exact) mass is 802 g/mol. The summed E-state index contributed by atoms with van der Waals surface area (Å²) >= 11 is 0. The maximum Gasteiger partial charge on any atom is 2.00 e. The predicted octanol–water partition coefficient (Wildman–Crippen LogP) is 11.1. The average Bonchev–Trinajstić information content (AvgIpc) is 3.64. The number of ether oxygens (including phenoxy) is 1. The van der Waals surface area contributed by atoms with Gasteiger partial charge in [-0.25, -0.2) is 0 Å². The van der Waals surface area contributed by atoms with Gasteiger partial charge in [-0.05, 0) is 52.8 Å². The standard InChI is InChI=1S/C43H31N3O.Pt/c1-43(2,3)26-27-19-21-45-38(22-27)28-10-8-11-29(23-28)47-30-24-35(37-15-6-7-20-44-37)31-17-18-40-41(36(31)25-30)34-14-9-13-33-32-12-4-5-16-39(32)46(40)42(33)34;/h4-22,25H,26H2,1-3H3;/q-2;+2/i26D2;. The van der Waals surface area contributed by atoms with Crippen LogP contribution in [0.2, 0.25) is 0 Å². The van der Waals surface area contributed by atoms with Crippen molar-refractivity contribution in [2.75, 3.05) is 0 Å². The van der Waals surface area contributed by atoms with Gasteiger partial charge in [-0.1, -0.05) is 116 Å². The summed E-state index contributed by atoms with van der Waals surface area (Å²) < 4.78 is 26.5. The summed E-state index contributed by atoms with van der Waals surface area (Å²) in [5, 5.41) is 6.93. The molecule has 0 aliphatic rings. The van der Waals surface area contributed by atoms with Gasteiger partial charge in [-0.3, -0.25) is 0 Å². The predicted molar refractivity (Wildman–Crippen MR) is 192 cm³/mol. The summed E-state index contributed by atoms with van der Waals surface area (Å²) in [4.78, 5) is 9.28. The number of rotatable bonds is 5.